The normalized spacial score (nSPS) is 10.3. The van der Waals surface area contributed by atoms with Gasteiger partial charge in [0.05, 0.1) is 11.4 Å². The van der Waals surface area contributed by atoms with Crippen molar-refractivity contribution in [1.29, 1.82) is 0 Å². The maximum Gasteiger partial charge on any atom is 0.258 e. The molecule has 0 aliphatic heterocycles. The topological polar surface area (TPSA) is 46.3 Å². The van der Waals surface area contributed by atoms with Crippen LogP contribution < -0.4 is 10.6 Å². The zero-order valence-corrected chi connectivity index (χ0v) is 11.6. The molecule has 98 valence electrons. The number of rotatable bonds is 2. The Labute approximate surface area is 117 Å². The van der Waals surface area contributed by atoms with Crippen LogP contribution in [0, 0.1) is 6.92 Å². The molecule has 0 fully saturated rings. The van der Waals surface area contributed by atoms with E-state index < -0.39 is 0 Å². The number of hydrogen-bond donors (Lipinski definition) is 1. The molecule has 0 saturated heterocycles. The van der Waals surface area contributed by atoms with Gasteiger partial charge in [0.1, 0.15) is 0 Å². The molecular formula is C15H15ClN2O. The van der Waals surface area contributed by atoms with Gasteiger partial charge in [-0.3, -0.25) is 4.79 Å². The SMILES string of the molecule is Cc1cccc(C(=O)N(C)c2cc(Cl)ccc2N)c1. The molecule has 0 spiro atoms. The van der Waals surface area contributed by atoms with Gasteiger partial charge in [0.15, 0.2) is 0 Å². The molecule has 2 N–H and O–H groups in total. The van der Waals surface area contributed by atoms with Gasteiger partial charge in [-0.25, -0.2) is 0 Å². The highest BCUT2D eigenvalue weighted by Gasteiger charge is 2.15. The number of carbonyl (C=O) groups is 1. The standard InChI is InChI=1S/C15H15ClN2O/c1-10-4-3-5-11(8-10)15(19)18(2)14-9-12(16)6-7-13(14)17/h3-9H,17H2,1-2H3. The molecule has 2 aromatic rings. The third-order valence-electron chi connectivity index (χ3n) is 2.92. The van der Waals surface area contributed by atoms with E-state index in [-0.39, 0.29) is 5.91 Å². The van der Waals surface area contributed by atoms with E-state index in [0.29, 0.717) is 22.0 Å². The molecule has 0 aliphatic rings. The lowest BCUT2D eigenvalue weighted by Gasteiger charge is -2.19. The summed E-state index contributed by atoms with van der Waals surface area (Å²) in [5, 5.41) is 0.549. The summed E-state index contributed by atoms with van der Waals surface area (Å²) in [7, 11) is 1.69. The lowest BCUT2D eigenvalue weighted by Crippen LogP contribution is -2.27. The van der Waals surface area contributed by atoms with Gasteiger partial charge in [-0.1, -0.05) is 29.3 Å². The maximum absolute atomic E-state index is 12.4. The van der Waals surface area contributed by atoms with Crippen molar-refractivity contribution in [3.63, 3.8) is 0 Å². The summed E-state index contributed by atoms with van der Waals surface area (Å²) in [6.45, 7) is 1.95. The molecule has 1 amide bonds. The number of nitrogens with two attached hydrogens (primary N) is 1. The zero-order chi connectivity index (χ0) is 14.0. The fraction of sp³-hybridized carbons (Fsp3) is 0.133. The Kier molecular flexibility index (Phi) is 3.76. The molecule has 4 heteroatoms. The number of aryl methyl sites for hydroxylation is 1. The van der Waals surface area contributed by atoms with Crippen LogP contribution in [-0.4, -0.2) is 13.0 Å². The van der Waals surface area contributed by atoms with Crippen molar-refractivity contribution in [1.82, 2.24) is 0 Å². The highest BCUT2D eigenvalue weighted by molar-refractivity contribution is 6.31. The highest BCUT2D eigenvalue weighted by atomic mass is 35.5. The van der Waals surface area contributed by atoms with Crippen LogP contribution >= 0.6 is 11.6 Å². The molecule has 2 rings (SSSR count). The van der Waals surface area contributed by atoms with Crippen molar-refractivity contribution in [2.45, 2.75) is 6.92 Å². The molecular weight excluding hydrogens is 260 g/mol. The third kappa shape index (κ3) is 2.88. The minimum atomic E-state index is -0.113. The smallest absolute Gasteiger partial charge is 0.258 e. The highest BCUT2D eigenvalue weighted by Crippen LogP contribution is 2.27. The summed E-state index contributed by atoms with van der Waals surface area (Å²) >= 11 is 5.94. The first kappa shape index (κ1) is 13.4. The number of carbonyl (C=O) groups excluding carboxylic acids is 1. The summed E-state index contributed by atoms with van der Waals surface area (Å²) in [4.78, 5) is 13.9. The van der Waals surface area contributed by atoms with E-state index in [2.05, 4.69) is 0 Å². The van der Waals surface area contributed by atoms with E-state index in [1.165, 1.54) is 4.90 Å². The number of benzene rings is 2. The molecule has 0 radical (unpaired) electrons. The maximum atomic E-state index is 12.4. The number of amides is 1. The van der Waals surface area contributed by atoms with Gasteiger partial charge in [-0.05, 0) is 37.3 Å². The van der Waals surface area contributed by atoms with E-state index in [4.69, 9.17) is 17.3 Å². The van der Waals surface area contributed by atoms with Crippen LogP contribution in [0.2, 0.25) is 5.02 Å². The molecule has 0 bridgehead atoms. The van der Waals surface area contributed by atoms with Gasteiger partial charge in [0, 0.05) is 17.6 Å². The van der Waals surface area contributed by atoms with Crippen LogP contribution in [0.3, 0.4) is 0 Å². The zero-order valence-electron chi connectivity index (χ0n) is 10.9. The van der Waals surface area contributed by atoms with E-state index >= 15 is 0 Å². The first-order chi connectivity index (χ1) is 8.99. The molecule has 3 nitrogen and oxygen atoms in total. The van der Waals surface area contributed by atoms with Crippen molar-refractivity contribution < 1.29 is 4.79 Å². The first-order valence-corrected chi connectivity index (χ1v) is 6.26. The van der Waals surface area contributed by atoms with Crippen LogP contribution in [0.15, 0.2) is 42.5 Å². The molecule has 0 atom stereocenters. The van der Waals surface area contributed by atoms with Crippen LogP contribution in [0.25, 0.3) is 0 Å². The molecule has 2 aromatic carbocycles. The van der Waals surface area contributed by atoms with Crippen molar-refractivity contribution in [2.24, 2.45) is 0 Å². The number of nitrogen functional groups attached to an aromatic ring is 1. The van der Waals surface area contributed by atoms with Crippen LogP contribution in [0.1, 0.15) is 15.9 Å². The van der Waals surface area contributed by atoms with E-state index in [0.717, 1.165) is 5.56 Å². The molecule has 0 heterocycles. The Morgan fingerprint density at radius 2 is 1.95 bits per heavy atom. The molecule has 0 saturated carbocycles. The second kappa shape index (κ2) is 5.33. The van der Waals surface area contributed by atoms with E-state index in [1.54, 1.807) is 31.3 Å². The number of nitrogens with zero attached hydrogens (tertiary/aromatic N) is 1. The van der Waals surface area contributed by atoms with Crippen molar-refractivity contribution in [3.05, 3.63) is 58.6 Å². The molecule has 0 aromatic heterocycles. The van der Waals surface area contributed by atoms with Gasteiger partial charge in [0.25, 0.3) is 5.91 Å². The fourth-order valence-electron chi connectivity index (χ4n) is 1.89. The Balaban J connectivity index is 2.36. The predicted molar refractivity (Wildman–Crippen MR) is 79.8 cm³/mol. The van der Waals surface area contributed by atoms with Gasteiger partial charge in [0.2, 0.25) is 0 Å². The summed E-state index contributed by atoms with van der Waals surface area (Å²) in [6, 6.07) is 12.5. The lowest BCUT2D eigenvalue weighted by atomic mass is 10.1. The summed E-state index contributed by atoms with van der Waals surface area (Å²) in [5.41, 5.74) is 8.68. The van der Waals surface area contributed by atoms with E-state index in [9.17, 15) is 4.79 Å². The first-order valence-electron chi connectivity index (χ1n) is 5.89. The second-order valence-electron chi connectivity index (χ2n) is 4.44. The van der Waals surface area contributed by atoms with Crippen molar-refractivity contribution in [3.8, 4) is 0 Å². The molecule has 0 aliphatic carbocycles. The summed E-state index contributed by atoms with van der Waals surface area (Å²) in [5.74, 6) is -0.113. The molecule has 0 unspecified atom stereocenters. The monoisotopic (exact) mass is 274 g/mol. The molecule has 19 heavy (non-hydrogen) atoms. The second-order valence-corrected chi connectivity index (χ2v) is 4.87. The van der Waals surface area contributed by atoms with Crippen molar-refractivity contribution >= 4 is 28.9 Å². The van der Waals surface area contributed by atoms with Gasteiger partial charge in [-0.15, -0.1) is 0 Å². The lowest BCUT2D eigenvalue weighted by molar-refractivity contribution is 0.0993. The summed E-state index contributed by atoms with van der Waals surface area (Å²) in [6.07, 6.45) is 0. The van der Waals surface area contributed by atoms with Crippen LogP contribution in [0.5, 0.6) is 0 Å². The van der Waals surface area contributed by atoms with Gasteiger partial charge >= 0.3 is 0 Å². The Morgan fingerprint density at radius 1 is 1.21 bits per heavy atom. The third-order valence-corrected chi connectivity index (χ3v) is 3.16. The predicted octanol–water partition coefficient (Wildman–Crippen LogP) is 3.51. The number of anilines is 2. The fourth-order valence-corrected chi connectivity index (χ4v) is 2.05. The van der Waals surface area contributed by atoms with Gasteiger partial charge in [-0.2, -0.15) is 0 Å². The largest absolute Gasteiger partial charge is 0.397 e. The van der Waals surface area contributed by atoms with Crippen LogP contribution in [-0.2, 0) is 0 Å². The Bertz CT molecular complexity index is 625. The Hall–Kier alpha value is -2.00. The van der Waals surface area contributed by atoms with Crippen LogP contribution in [0.4, 0.5) is 11.4 Å². The van der Waals surface area contributed by atoms with Gasteiger partial charge < -0.3 is 10.6 Å². The summed E-state index contributed by atoms with van der Waals surface area (Å²) < 4.78 is 0. The minimum absolute atomic E-state index is 0.113. The minimum Gasteiger partial charge on any atom is -0.397 e. The number of halogens is 1. The van der Waals surface area contributed by atoms with E-state index in [1.807, 2.05) is 25.1 Å². The Morgan fingerprint density at radius 3 is 2.63 bits per heavy atom. The average Bonchev–Trinajstić information content (AvgIpc) is 2.40. The quantitative estimate of drug-likeness (QED) is 0.852. The average molecular weight is 275 g/mol. The van der Waals surface area contributed by atoms with Crippen molar-refractivity contribution in [2.75, 3.05) is 17.7 Å². The number of hydrogen-bond acceptors (Lipinski definition) is 2.